The van der Waals surface area contributed by atoms with Crippen molar-refractivity contribution < 1.29 is 4.74 Å². The zero-order valence-electron chi connectivity index (χ0n) is 11.2. The zero-order valence-corrected chi connectivity index (χ0v) is 11.2. The van der Waals surface area contributed by atoms with Gasteiger partial charge in [-0.15, -0.1) is 0 Å². The minimum absolute atomic E-state index is 0.352. The monoisotopic (exact) mass is 257 g/mol. The van der Waals surface area contributed by atoms with Gasteiger partial charge in [-0.05, 0) is 43.6 Å². The minimum Gasteiger partial charge on any atom is -0.490 e. The number of benzene rings is 1. The smallest absolute Gasteiger partial charge is 0.119 e. The van der Waals surface area contributed by atoms with E-state index in [-0.39, 0.29) is 0 Å². The van der Waals surface area contributed by atoms with Crippen LogP contribution in [0.15, 0.2) is 36.7 Å². The van der Waals surface area contributed by atoms with E-state index in [1.807, 2.05) is 36.3 Å². The Labute approximate surface area is 113 Å². The first kappa shape index (κ1) is 12.2. The molecule has 0 atom stereocenters. The Morgan fingerprint density at radius 1 is 1.16 bits per heavy atom. The highest BCUT2D eigenvalue weighted by molar-refractivity contribution is 5.62. The third-order valence-corrected chi connectivity index (χ3v) is 3.48. The van der Waals surface area contributed by atoms with Gasteiger partial charge >= 0.3 is 0 Å². The average molecular weight is 257 g/mol. The van der Waals surface area contributed by atoms with Gasteiger partial charge in [0.1, 0.15) is 11.9 Å². The van der Waals surface area contributed by atoms with E-state index in [2.05, 4.69) is 22.5 Å². The highest BCUT2D eigenvalue weighted by Crippen LogP contribution is 2.23. The van der Waals surface area contributed by atoms with E-state index in [9.17, 15) is 0 Å². The van der Waals surface area contributed by atoms with Crippen LogP contribution in [0.25, 0.3) is 11.1 Å². The van der Waals surface area contributed by atoms with Crippen LogP contribution in [-0.4, -0.2) is 29.0 Å². The van der Waals surface area contributed by atoms with Crippen molar-refractivity contribution in [2.24, 2.45) is 7.05 Å². The van der Waals surface area contributed by atoms with Gasteiger partial charge in [-0.3, -0.25) is 4.68 Å². The van der Waals surface area contributed by atoms with Gasteiger partial charge in [-0.2, -0.15) is 5.10 Å². The van der Waals surface area contributed by atoms with Crippen LogP contribution in [0.4, 0.5) is 0 Å². The van der Waals surface area contributed by atoms with Crippen molar-refractivity contribution in [2.75, 3.05) is 13.1 Å². The van der Waals surface area contributed by atoms with E-state index in [4.69, 9.17) is 4.74 Å². The fourth-order valence-corrected chi connectivity index (χ4v) is 2.40. The Hall–Kier alpha value is -1.81. The average Bonchev–Trinajstić information content (AvgIpc) is 2.87. The lowest BCUT2D eigenvalue weighted by Gasteiger charge is -2.23. The second kappa shape index (κ2) is 5.45. The summed E-state index contributed by atoms with van der Waals surface area (Å²) in [5, 5.41) is 7.53. The lowest BCUT2D eigenvalue weighted by atomic mass is 10.1. The molecule has 0 radical (unpaired) electrons. The third kappa shape index (κ3) is 2.96. The number of hydrogen-bond acceptors (Lipinski definition) is 3. The summed E-state index contributed by atoms with van der Waals surface area (Å²) in [5.41, 5.74) is 2.31. The predicted octanol–water partition coefficient (Wildman–Crippen LogP) is 2.22. The Bertz CT molecular complexity index is 527. The van der Waals surface area contributed by atoms with Crippen LogP contribution in [0, 0.1) is 0 Å². The zero-order chi connectivity index (χ0) is 13.1. The van der Waals surface area contributed by atoms with Gasteiger partial charge in [-0.1, -0.05) is 12.1 Å². The second-order valence-electron chi connectivity index (χ2n) is 4.99. The number of nitrogens with zero attached hydrogens (tertiary/aromatic N) is 2. The number of aryl methyl sites for hydroxylation is 1. The van der Waals surface area contributed by atoms with Crippen LogP contribution < -0.4 is 10.1 Å². The van der Waals surface area contributed by atoms with E-state index in [1.165, 1.54) is 5.56 Å². The lowest BCUT2D eigenvalue weighted by Crippen LogP contribution is -2.34. The number of nitrogens with one attached hydrogen (secondary N) is 1. The maximum absolute atomic E-state index is 5.99. The summed E-state index contributed by atoms with van der Waals surface area (Å²) in [6, 6.07) is 8.27. The molecule has 19 heavy (non-hydrogen) atoms. The number of aromatic nitrogens is 2. The van der Waals surface area contributed by atoms with Gasteiger partial charge < -0.3 is 10.1 Å². The van der Waals surface area contributed by atoms with Crippen LogP contribution in [-0.2, 0) is 7.05 Å². The largest absolute Gasteiger partial charge is 0.490 e. The van der Waals surface area contributed by atoms with Crippen molar-refractivity contribution >= 4 is 0 Å². The fourth-order valence-electron chi connectivity index (χ4n) is 2.40. The summed E-state index contributed by atoms with van der Waals surface area (Å²) in [4.78, 5) is 0. The van der Waals surface area contributed by atoms with Gasteiger partial charge in [0.25, 0.3) is 0 Å². The molecule has 1 aliphatic heterocycles. The molecule has 2 aromatic rings. The van der Waals surface area contributed by atoms with Gasteiger partial charge in [0, 0.05) is 18.8 Å². The number of ether oxygens (including phenoxy) is 1. The molecule has 4 nitrogen and oxygen atoms in total. The molecule has 1 fully saturated rings. The molecule has 0 amide bonds. The van der Waals surface area contributed by atoms with E-state index in [0.717, 1.165) is 37.2 Å². The topological polar surface area (TPSA) is 39.1 Å². The van der Waals surface area contributed by atoms with Gasteiger partial charge in [0.2, 0.25) is 0 Å². The molecule has 4 heteroatoms. The van der Waals surface area contributed by atoms with Gasteiger partial charge in [-0.25, -0.2) is 0 Å². The highest BCUT2D eigenvalue weighted by Gasteiger charge is 2.14. The molecular formula is C15H19N3O. The van der Waals surface area contributed by atoms with Crippen molar-refractivity contribution in [3.63, 3.8) is 0 Å². The molecule has 0 saturated carbocycles. The Kier molecular flexibility index (Phi) is 3.51. The molecule has 0 unspecified atom stereocenters. The van der Waals surface area contributed by atoms with Crippen LogP contribution in [0.5, 0.6) is 5.75 Å². The first-order chi connectivity index (χ1) is 9.31. The summed E-state index contributed by atoms with van der Waals surface area (Å²) in [7, 11) is 1.93. The maximum Gasteiger partial charge on any atom is 0.119 e. The maximum atomic E-state index is 5.99. The van der Waals surface area contributed by atoms with Crippen molar-refractivity contribution in [1.82, 2.24) is 15.1 Å². The Morgan fingerprint density at radius 2 is 1.89 bits per heavy atom. The van der Waals surface area contributed by atoms with E-state index < -0.39 is 0 Å². The Morgan fingerprint density at radius 3 is 2.53 bits per heavy atom. The van der Waals surface area contributed by atoms with E-state index in [1.54, 1.807) is 0 Å². The molecule has 0 bridgehead atoms. The highest BCUT2D eigenvalue weighted by atomic mass is 16.5. The molecular weight excluding hydrogens is 238 g/mol. The summed E-state index contributed by atoms with van der Waals surface area (Å²) in [6.07, 6.45) is 6.42. The van der Waals surface area contributed by atoms with E-state index in [0.29, 0.717) is 6.10 Å². The van der Waals surface area contributed by atoms with Crippen molar-refractivity contribution in [3.8, 4) is 16.9 Å². The number of hydrogen-bond donors (Lipinski definition) is 1. The minimum atomic E-state index is 0.352. The molecule has 0 spiro atoms. The normalized spacial score (nSPS) is 16.5. The van der Waals surface area contributed by atoms with Crippen LogP contribution >= 0.6 is 0 Å². The standard InChI is InChI=1S/C15H19N3O/c1-18-11-13(10-17-18)12-2-4-14(5-3-12)19-15-6-8-16-9-7-15/h2-5,10-11,15-16H,6-9H2,1H3. The molecule has 0 aliphatic carbocycles. The predicted molar refractivity (Wildman–Crippen MR) is 75.2 cm³/mol. The first-order valence-electron chi connectivity index (χ1n) is 6.78. The van der Waals surface area contributed by atoms with Crippen LogP contribution in [0.3, 0.4) is 0 Å². The molecule has 1 N–H and O–H groups in total. The summed E-state index contributed by atoms with van der Waals surface area (Å²) in [5.74, 6) is 0.958. The van der Waals surface area contributed by atoms with Crippen molar-refractivity contribution in [2.45, 2.75) is 18.9 Å². The van der Waals surface area contributed by atoms with Crippen molar-refractivity contribution in [1.29, 1.82) is 0 Å². The van der Waals surface area contributed by atoms with Crippen LogP contribution in [0.2, 0.25) is 0 Å². The molecule has 3 rings (SSSR count). The SMILES string of the molecule is Cn1cc(-c2ccc(OC3CCNCC3)cc2)cn1. The van der Waals surface area contributed by atoms with Crippen molar-refractivity contribution in [3.05, 3.63) is 36.7 Å². The molecule has 2 heterocycles. The summed E-state index contributed by atoms with van der Waals surface area (Å²) in [6.45, 7) is 2.11. The second-order valence-corrected chi connectivity index (χ2v) is 4.99. The van der Waals surface area contributed by atoms with E-state index >= 15 is 0 Å². The Balaban J connectivity index is 1.68. The first-order valence-corrected chi connectivity index (χ1v) is 6.78. The lowest BCUT2D eigenvalue weighted by molar-refractivity contribution is 0.162. The quantitative estimate of drug-likeness (QED) is 0.916. The number of piperidine rings is 1. The molecule has 1 saturated heterocycles. The molecule has 1 aliphatic rings. The molecule has 100 valence electrons. The van der Waals surface area contributed by atoms with Gasteiger partial charge in [0.15, 0.2) is 0 Å². The third-order valence-electron chi connectivity index (χ3n) is 3.48. The fraction of sp³-hybridized carbons (Fsp3) is 0.400. The molecule has 1 aromatic heterocycles. The summed E-state index contributed by atoms with van der Waals surface area (Å²) < 4.78 is 7.80. The van der Waals surface area contributed by atoms with Gasteiger partial charge in [0.05, 0.1) is 6.20 Å². The number of rotatable bonds is 3. The summed E-state index contributed by atoms with van der Waals surface area (Å²) >= 11 is 0. The van der Waals surface area contributed by atoms with Crippen LogP contribution in [0.1, 0.15) is 12.8 Å². The molecule has 1 aromatic carbocycles.